The zero-order valence-electron chi connectivity index (χ0n) is 19.9. The standard InChI is InChI=1S/C26H30N3O3PS/c1-28(2)17-23(34-18-33)15-26(30)29-10-8-21(9-11-29)32-22-13-19(16-27)12-20(14-22)24-6-4-5-7-25(24)31-3/h4-7,12-14,21,23H,8-11,15,17H2,1-3H3. The van der Waals surface area contributed by atoms with E-state index >= 15 is 0 Å². The Morgan fingerprint density at radius 2 is 2.00 bits per heavy atom. The summed E-state index contributed by atoms with van der Waals surface area (Å²) in [5.74, 6) is 1.56. The van der Waals surface area contributed by atoms with Crippen LogP contribution in [0.2, 0.25) is 0 Å². The molecule has 3 rings (SSSR count). The Bertz CT molecular complexity index is 1070. The maximum atomic E-state index is 12.8. The van der Waals surface area contributed by atoms with Gasteiger partial charge in [0.2, 0.25) is 0 Å². The fourth-order valence-electron chi connectivity index (χ4n) is 4.13. The summed E-state index contributed by atoms with van der Waals surface area (Å²) in [5, 5.41) is 9.67. The predicted octanol–water partition coefficient (Wildman–Crippen LogP) is 4.98. The number of methoxy groups -OCH3 is 1. The molecule has 1 unspecified atom stereocenters. The molecule has 0 radical (unpaired) electrons. The molecule has 1 aliphatic rings. The molecule has 1 amide bonds. The first-order valence-corrected chi connectivity index (χ1v) is 12.6. The number of piperidine rings is 1. The van der Waals surface area contributed by atoms with Crippen LogP contribution in [0.5, 0.6) is 11.5 Å². The molecule has 1 fully saturated rings. The zero-order chi connectivity index (χ0) is 24.5. The Labute approximate surface area is 208 Å². The molecule has 0 spiro atoms. The average Bonchev–Trinajstić information content (AvgIpc) is 2.84. The van der Waals surface area contributed by atoms with Gasteiger partial charge in [0.1, 0.15) is 5.75 Å². The SMILES string of the molecule is COc1ccccc1-c1cc(C#N)cc(OC2CCN(C(=O)CC(CN(C)C)SC#P)CC2)c1. The molecular weight excluding hydrogens is 465 g/mol. The number of benzene rings is 2. The second-order valence-electron chi connectivity index (χ2n) is 8.55. The van der Waals surface area contributed by atoms with Gasteiger partial charge in [-0.25, -0.2) is 0 Å². The van der Waals surface area contributed by atoms with Gasteiger partial charge in [-0.2, -0.15) is 5.26 Å². The first-order chi connectivity index (χ1) is 16.4. The molecule has 2 aromatic carbocycles. The molecule has 0 N–H and O–H groups in total. The number of rotatable bonds is 9. The molecule has 0 bridgehead atoms. The van der Waals surface area contributed by atoms with E-state index < -0.39 is 0 Å². The van der Waals surface area contributed by atoms with Gasteiger partial charge >= 0.3 is 133 Å². The molecule has 1 heterocycles. The topological polar surface area (TPSA) is 65.8 Å². The summed E-state index contributed by atoms with van der Waals surface area (Å²) in [4.78, 5) is 19.6. The van der Waals surface area contributed by atoms with Gasteiger partial charge < -0.3 is 4.74 Å². The summed E-state index contributed by atoms with van der Waals surface area (Å²) in [5.41, 5.74) is 2.32. The number of carbonyl (C=O) groups excluding carboxylic acids is 1. The minimum absolute atomic E-state index is 0.00503. The van der Waals surface area contributed by atoms with Gasteiger partial charge in [0, 0.05) is 5.56 Å². The summed E-state index contributed by atoms with van der Waals surface area (Å²) >= 11 is 1.47. The van der Waals surface area contributed by atoms with E-state index in [1.165, 1.54) is 11.8 Å². The van der Waals surface area contributed by atoms with Crippen LogP contribution in [0.3, 0.4) is 0 Å². The molecule has 1 saturated heterocycles. The van der Waals surface area contributed by atoms with Gasteiger partial charge in [-0.05, 0) is 17.7 Å². The molecule has 1 atom stereocenters. The zero-order valence-corrected chi connectivity index (χ0v) is 21.6. The monoisotopic (exact) mass is 495 g/mol. The number of para-hydroxylation sites is 1. The number of ether oxygens (including phenoxy) is 2. The average molecular weight is 496 g/mol. The van der Waals surface area contributed by atoms with Crippen molar-refractivity contribution in [1.82, 2.24) is 9.80 Å². The van der Waals surface area contributed by atoms with Crippen molar-refractivity contribution >= 4 is 26.4 Å². The van der Waals surface area contributed by atoms with Gasteiger partial charge in [-0.3, -0.25) is 0 Å². The number of hydrogen-bond donors (Lipinski definition) is 0. The number of carbonyl (C=O) groups is 1. The fourth-order valence-corrected chi connectivity index (χ4v) is 5.33. The molecule has 0 aliphatic carbocycles. The Kier molecular flexibility index (Phi) is 9.86. The van der Waals surface area contributed by atoms with Crippen molar-refractivity contribution in [3.05, 3.63) is 48.0 Å². The normalized spacial score (nSPS) is 14.8. The van der Waals surface area contributed by atoms with Crippen LogP contribution in [0.15, 0.2) is 42.5 Å². The third kappa shape index (κ3) is 7.26. The summed E-state index contributed by atoms with van der Waals surface area (Å²) in [6, 6.07) is 15.5. The van der Waals surface area contributed by atoms with E-state index in [2.05, 4.69) is 24.6 Å². The van der Waals surface area contributed by atoms with Crippen LogP contribution in [-0.2, 0) is 4.79 Å². The third-order valence-corrected chi connectivity index (χ3v) is 6.81. The Morgan fingerprint density at radius 3 is 2.65 bits per heavy atom. The van der Waals surface area contributed by atoms with E-state index in [0.29, 0.717) is 30.8 Å². The first-order valence-electron chi connectivity index (χ1n) is 11.3. The van der Waals surface area contributed by atoms with Crippen molar-refractivity contribution in [3.8, 4) is 33.7 Å². The van der Waals surface area contributed by atoms with Crippen LogP contribution in [0.1, 0.15) is 24.8 Å². The van der Waals surface area contributed by atoms with Crippen molar-refractivity contribution in [2.75, 3.05) is 40.8 Å². The summed E-state index contributed by atoms with van der Waals surface area (Å²) in [6.07, 6.45) is 1.97. The number of hydrogen-bond acceptors (Lipinski definition) is 6. The Morgan fingerprint density at radius 1 is 1.26 bits per heavy atom. The van der Waals surface area contributed by atoms with Crippen LogP contribution >= 0.6 is 20.5 Å². The third-order valence-electron chi connectivity index (χ3n) is 5.74. The number of nitriles is 1. The molecule has 0 saturated carbocycles. The van der Waals surface area contributed by atoms with Gasteiger partial charge in [0.05, 0.1) is 18.7 Å². The van der Waals surface area contributed by atoms with E-state index in [9.17, 15) is 10.1 Å². The molecule has 1 aliphatic heterocycles. The number of likely N-dealkylation sites (tertiary alicyclic amines) is 1. The van der Waals surface area contributed by atoms with E-state index in [1.54, 1.807) is 13.2 Å². The Hall–Kier alpha value is -2.48. The first kappa shape index (κ1) is 26.1. The van der Waals surface area contributed by atoms with Gasteiger partial charge in [0.25, 0.3) is 0 Å². The van der Waals surface area contributed by atoms with Gasteiger partial charge in [-0.1, -0.05) is 18.2 Å². The van der Waals surface area contributed by atoms with E-state index in [1.807, 2.05) is 55.4 Å². The Balaban J connectivity index is 1.63. The van der Waals surface area contributed by atoms with Crippen LogP contribution in [0, 0.1) is 16.3 Å². The van der Waals surface area contributed by atoms with E-state index in [0.717, 1.165) is 36.3 Å². The van der Waals surface area contributed by atoms with Crippen LogP contribution in [-0.4, -0.2) is 67.9 Å². The fraction of sp³-hybridized carbons (Fsp3) is 0.423. The summed E-state index contributed by atoms with van der Waals surface area (Å²) < 4.78 is 11.8. The number of amides is 1. The second-order valence-corrected chi connectivity index (χ2v) is 10.2. The summed E-state index contributed by atoms with van der Waals surface area (Å²) in [7, 11) is 9.71. The van der Waals surface area contributed by atoms with Crippen molar-refractivity contribution in [3.63, 3.8) is 0 Å². The van der Waals surface area contributed by atoms with Crippen LogP contribution in [0.4, 0.5) is 0 Å². The molecular formula is C26H30N3O3PS. The van der Waals surface area contributed by atoms with Crippen LogP contribution in [0.25, 0.3) is 11.1 Å². The predicted molar refractivity (Wildman–Crippen MR) is 139 cm³/mol. The van der Waals surface area contributed by atoms with Crippen LogP contribution < -0.4 is 9.47 Å². The molecule has 0 aromatic heterocycles. The number of nitrogens with zero attached hydrogens (tertiary/aromatic N) is 3. The van der Waals surface area contributed by atoms with Crippen molar-refractivity contribution in [2.45, 2.75) is 30.6 Å². The minimum atomic E-state index is -0.00503. The van der Waals surface area contributed by atoms with Gasteiger partial charge in [-0.15, -0.1) is 0 Å². The quantitative estimate of drug-likeness (QED) is 0.457. The molecule has 8 heteroatoms. The molecule has 34 heavy (non-hydrogen) atoms. The molecule has 2 aromatic rings. The van der Waals surface area contributed by atoms with Crippen molar-refractivity contribution < 1.29 is 14.3 Å². The number of thioether (sulfide) groups is 1. The van der Waals surface area contributed by atoms with E-state index in [-0.39, 0.29) is 17.3 Å². The second kappa shape index (κ2) is 12.8. The van der Waals surface area contributed by atoms with Crippen molar-refractivity contribution in [1.29, 1.82) is 5.26 Å². The van der Waals surface area contributed by atoms with Crippen molar-refractivity contribution in [2.24, 2.45) is 0 Å². The van der Waals surface area contributed by atoms with Gasteiger partial charge in [0.15, 0.2) is 0 Å². The van der Waals surface area contributed by atoms with E-state index in [4.69, 9.17) is 9.47 Å². The molecule has 178 valence electrons. The molecule has 6 nitrogen and oxygen atoms in total. The summed E-state index contributed by atoms with van der Waals surface area (Å²) in [6.45, 7) is 2.12. The maximum absolute atomic E-state index is 12.8.